The van der Waals surface area contributed by atoms with Crippen LogP contribution in [-0.4, -0.2) is 51.4 Å². The molecule has 2 saturated carbocycles. The van der Waals surface area contributed by atoms with Gasteiger partial charge in [0, 0.05) is 43.8 Å². The first kappa shape index (κ1) is 17.5. The molecule has 4 aliphatic rings. The summed E-state index contributed by atoms with van der Waals surface area (Å²) in [5.41, 5.74) is 1.77. The topological polar surface area (TPSA) is 45.6 Å². The highest BCUT2D eigenvalue weighted by Crippen LogP contribution is 2.62. The number of hydrogen-bond acceptors (Lipinski definition) is 2. The number of carbonyl (C=O) groups excluding carboxylic acids is 2. The predicted octanol–water partition coefficient (Wildman–Crippen LogP) is 3.57. The van der Waals surface area contributed by atoms with Gasteiger partial charge >= 0.3 is 0 Å². The Morgan fingerprint density at radius 2 is 1.72 bits per heavy atom. The molecule has 6 rings (SSSR count). The van der Waals surface area contributed by atoms with E-state index in [1.807, 2.05) is 34.8 Å². The summed E-state index contributed by atoms with van der Waals surface area (Å²) in [4.78, 5) is 31.3. The Bertz CT molecular complexity index is 987. The smallest absolute Gasteiger partial charge is 0.256 e. The zero-order valence-corrected chi connectivity index (χ0v) is 17.1. The minimum Gasteiger partial charge on any atom is -0.350 e. The van der Waals surface area contributed by atoms with Gasteiger partial charge in [-0.15, -0.1) is 0 Å². The summed E-state index contributed by atoms with van der Waals surface area (Å²) < 4.78 is 2.04. The molecule has 4 fully saturated rings. The second-order valence-electron chi connectivity index (χ2n) is 9.76. The van der Waals surface area contributed by atoms with Crippen molar-refractivity contribution in [2.24, 2.45) is 18.4 Å². The van der Waals surface area contributed by atoms with Crippen LogP contribution in [0.3, 0.4) is 0 Å². The van der Waals surface area contributed by atoms with E-state index in [0.29, 0.717) is 24.9 Å². The van der Waals surface area contributed by atoms with Crippen molar-refractivity contribution in [1.82, 2.24) is 14.4 Å². The Kier molecular flexibility index (Phi) is 3.69. The van der Waals surface area contributed by atoms with Crippen molar-refractivity contribution in [2.75, 3.05) is 13.1 Å². The first-order valence-electron chi connectivity index (χ1n) is 11.2. The van der Waals surface area contributed by atoms with Crippen molar-refractivity contribution in [2.45, 2.75) is 57.0 Å². The standard InChI is InChI=1S/C24H29N3O2/c1-25-13-10-16-4-2-7-20(21(16)25)22(28)26-14-18-5-3-6-19(15-26)27(18)23(29)24(11-12-24)17-8-9-17/h2,4,7,10,13,17-19H,3,5-6,8-9,11-12,14-15H2,1H3. The third-order valence-corrected chi connectivity index (χ3v) is 7.95. The number of rotatable bonds is 3. The van der Waals surface area contributed by atoms with Gasteiger partial charge in [-0.25, -0.2) is 0 Å². The second kappa shape index (κ2) is 6.10. The van der Waals surface area contributed by atoms with Gasteiger partial charge in [0.05, 0.1) is 16.5 Å². The molecule has 2 unspecified atom stereocenters. The molecule has 2 saturated heterocycles. The van der Waals surface area contributed by atoms with Crippen LogP contribution in [0.25, 0.3) is 10.9 Å². The van der Waals surface area contributed by atoms with Crippen molar-refractivity contribution < 1.29 is 9.59 Å². The lowest BCUT2D eigenvalue weighted by atomic mass is 9.87. The Morgan fingerprint density at radius 3 is 2.38 bits per heavy atom. The largest absolute Gasteiger partial charge is 0.350 e. The fourth-order valence-corrected chi connectivity index (χ4v) is 6.13. The van der Waals surface area contributed by atoms with Gasteiger partial charge in [-0.1, -0.05) is 12.1 Å². The van der Waals surface area contributed by atoms with Gasteiger partial charge in [0.1, 0.15) is 0 Å². The fourth-order valence-electron chi connectivity index (χ4n) is 6.13. The molecule has 1 aromatic carbocycles. The van der Waals surface area contributed by atoms with Gasteiger partial charge < -0.3 is 14.4 Å². The number of fused-ring (bicyclic) bond motifs is 3. The predicted molar refractivity (Wildman–Crippen MR) is 111 cm³/mol. The molecule has 5 nitrogen and oxygen atoms in total. The lowest BCUT2D eigenvalue weighted by Gasteiger charge is -2.51. The molecule has 2 aliphatic carbocycles. The average Bonchev–Trinajstić information content (AvgIpc) is 3.63. The van der Waals surface area contributed by atoms with Crippen LogP contribution in [0.4, 0.5) is 0 Å². The highest BCUT2D eigenvalue weighted by Gasteiger charge is 2.62. The quantitative estimate of drug-likeness (QED) is 0.803. The molecule has 152 valence electrons. The van der Waals surface area contributed by atoms with Crippen LogP contribution in [0.15, 0.2) is 30.5 Å². The van der Waals surface area contributed by atoms with Crippen molar-refractivity contribution >= 4 is 22.7 Å². The third-order valence-electron chi connectivity index (χ3n) is 7.95. The monoisotopic (exact) mass is 391 g/mol. The molecule has 2 aliphatic heterocycles. The van der Waals surface area contributed by atoms with Crippen molar-refractivity contribution in [3.05, 3.63) is 36.0 Å². The molecule has 2 bridgehead atoms. The molecule has 2 atom stereocenters. The van der Waals surface area contributed by atoms with Crippen LogP contribution in [0.1, 0.15) is 55.3 Å². The van der Waals surface area contributed by atoms with E-state index in [1.54, 1.807) is 0 Å². The van der Waals surface area contributed by atoms with Gasteiger partial charge in [-0.2, -0.15) is 0 Å². The molecule has 0 radical (unpaired) electrons. The number of likely N-dealkylation sites (tertiary alicyclic amines) is 1. The minimum absolute atomic E-state index is 0.0192. The number of nitrogens with zero attached hydrogens (tertiary/aromatic N) is 3. The van der Waals surface area contributed by atoms with Gasteiger partial charge in [0.25, 0.3) is 5.91 Å². The summed E-state index contributed by atoms with van der Waals surface area (Å²) in [5.74, 6) is 1.18. The molecular weight excluding hydrogens is 362 g/mol. The number of piperidine rings is 1. The SMILES string of the molecule is Cn1ccc2cccc(C(=O)N3CC4CCCC(C3)N4C(=O)C3(C4CC4)CC3)c21. The van der Waals surface area contributed by atoms with Gasteiger partial charge in [0.2, 0.25) is 5.91 Å². The zero-order chi connectivity index (χ0) is 19.8. The summed E-state index contributed by atoms with van der Waals surface area (Å²) in [6.07, 6.45) is 9.89. The number of aryl methyl sites for hydroxylation is 1. The number of aromatic nitrogens is 1. The van der Waals surface area contributed by atoms with Crippen LogP contribution in [-0.2, 0) is 11.8 Å². The number of hydrogen-bond donors (Lipinski definition) is 0. The van der Waals surface area contributed by atoms with Gasteiger partial charge in [-0.05, 0) is 63.0 Å². The van der Waals surface area contributed by atoms with Gasteiger partial charge in [0.15, 0.2) is 0 Å². The van der Waals surface area contributed by atoms with Crippen LogP contribution < -0.4 is 0 Å². The van der Waals surface area contributed by atoms with E-state index < -0.39 is 0 Å². The maximum atomic E-state index is 13.5. The summed E-state index contributed by atoms with van der Waals surface area (Å²) in [6.45, 7) is 1.37. The molecule has 2 amide bonds. The first-order chi connectivity index (χ1) is 14.1. The summed E-state index contributed by atoms with van der Waals surface area (Å²) in [7, 11) is 2.00. The fraction of sp³-hybridized carbons (Fsp3) is 0.583. The van der Waals surface area contributed by atoms with Crippen LogP contribution >= 0.6 is 0 Å². The van der Waals surface area contributed by atoms with E-state index in [4.69, 9.17) is 0 Å². The van der Waals surface area contributed by atoms with E-state index in [-0.39, 0.29) is 23.4 Å². The Hall–Kier alpha value is -2.30. The molecule has 0 spiro atoms. The highest BCUT2D eigenvalue weighted by molar-refractivity contribution is 6.06. The number of piperazine rings is 1. The van der Waals surface area contributed by atoms with E-state index in [1.165, 1.54) is 19.3 Å². The van der Waals surface area contributed by atoms with E-state index in [0.717, 1.165) is 42.1 Å². The Labute approximate surface area is 171 Å². The Balaban J connectivity index is 1.28. The number of benzene rings is 1. The highest BCUT2D eigenvalue weighted by atomic mass is 16.2. The number of amides is 2. The number of carbonyl (C=O) groups is 2. The van der Waals surface area contributed by atoms with Crippen molar-refractivity contribution in [3.63, 3.8) is 0 Å². The van der Waals surface area contributed by atoms with Crippen LogP contribution in [0.5, 0.6) is 0 Å². The molecule has 3 heterocycles. The summed E-state index contributed by atoms with van der Waals surface area (Å²) in [5, 5.41) is 1.10. The van der Waals surface area contributed by atoms with Crippen LogP contribution in [0, 0.1) is 11.3 Å². The maximum absolute atomic E-state index is 13.5. The summed E-state index contributed by atoms with van der Waals surface area (Å²) >= 11 is 0. The normalized spacial score (nSPS) is 27.9. The lowest BCUT2D eigenvalue weighted by Crippen LogP contribution is -2.64. The van der Waals surface area contributed by atoms with Crippen LogP contribution in [0.2, 0.25) is 0 Å². The lowest BCUT2D eigenvalue weighted by molar-refractivity contribution is -0.149. The van der Waals surface area contributed by atoms with Crippen molar-refractivity contribution in [1.29, 1.82) is 0 Å². The Morgan fingerprint density at radius 1 is 1.00 bits per heavy atom. The molecule has 0 N–H and O–H groups in total. The third kappa shape index (κ3) is 2.59. The second-order valence-corrected chi connectivity index (χ2v) is 9.76. The molecular formula is C24H29N3O2. The molecule has 2 aromatic rings. The average molecular weight is 392 g/mol. The number of para-hydroxylation sites is 1. The molecule has 5 heteroatoms. The molecule has 29 heavy (non-hydrogen) atoms. The molecule has 1 aromatic heterocycles. The maximum Gasteiger partial charge on any atom is 0.256 e. The van der Waals surface area contributed by atoms with E-state index >= 15 is 0 Å². The van der Waals surface area contributed by atoms with Gasteiger partial charge in [-0.3, -0.25) is 9.59 Å². The van der Waals surface area contributed by atoms with Crippen molar-refractivity contribution in [3.8, 4) is 0 Å². The minimum atomic E-state index is -0.0192. The van der Waals surface area contributed by atoms with E-state index in [9.17, 15) is 9.59 Å². The zero-order valence-electron chi connectivity index (χ0n) is 17.1. The van der Waals surface area contributed by atoms with E-state index in [2.05, 4.69) is 17.0 Å². The summed E-state index contributed by atoms with van der Waals surface area (Å²) in [6, 6.07) is 8.44. The first-order valence-corrected chi connectivity index (χ1v) is 11.2.